The second kappa shape index (κ2) is 12.3. The van der Waals surface area contributed by atoms with Crippen molar-refractivity contribution < 1.29 is 14.3 Å². The number of ether oxygens (including phenoxy) is 2. The smallest absolute Gasteiger partial charge is 0.247 e. The third-order valence-corrected chi connectivity index (χ3v) is 5.80. The van der Waals surface area contributed by atoms with Crippen LogP contribution in [0.15, 0.2) is 103 Å². The molecule has 4 rings (SSSR count). The van der Waals surface area contributed by atoms with Crippen LogP contribution < -0.4 is 25.8 Å². The molecule has 4 aromatic carbocycles. The molecule has 0 saturated carbocycles. The van der Waals surface area contributed by atoms with Crippen molar-refractivity contribution in [3.63, 3.8) is 0 Å². The van der Waals surface area contributed by atoms with Crippen LogP contribution in [0.4, 0.5) is 5.69 Å². The number of rotatable bonds is 11. The minimum atomic E-state index is -0.735. The lowest BCUT2D eigenvalue weighted by atomic mass is 10.0. The quantitative estimate of drug-likeness (QED) is 0.173. The lowest BCUT2D eigenvalue weighted by molar-refractivity contribution is -0.122. The van der Waals surface area contributed by atoms with Crippen LogP contribution in [0.2, 0.25) is 0 Å². The van der Waals surface area contributed by atoms with Crippen molar-refractivity contribution in [2.24, 2.45) is 5.73 Å². The van der Waals surface area contributed by atoms with E-state index in [1.807, 2.05) is 72.8 Å². The minimum absolute atomic E-state index is 0.0169. The van der Waals surface area contributed by atoms with Gasteiger partial charge in [0.2, 0.25) is 5.91 Å². The zero-order chi connectivity index (χ0) is 26.0. The molecule has 0 fully saturated rings. The van der Waals surface area contributed by atoms with Gasteiger partial charge in [0.25, 0.3) is 0 Å². The number of nitrogens with two attached hydrogens (primary N) is 1. The van der Waals surface area contributed by atoms with E-state index in [0.717, 1.165) is 11.1 Å². The molecule has 7 nitrogen and oxygen atoms in total. The van der Waals surface area contributed by atoms with E-state index in [2.05, 4.69) is 10.6 Å². The van der Waals surface area contributed by atoms with Crippen LogP contribution in [0.25, 0.3) is 0 Å². The maximum Gasteiger partial charge on any atom is 0.247 e. The van der Waals surface area contributed by atoms with Gasteiger partial charge in [0.1, 0.15) is 30.0 Å². The Bertz CT molecular complexity index is 1330. The summed E-state index contributed by atoms with van der Waals surface area (Å²) in [5.74, 6) is 0.946. The van der Waals surface area contributed by atoms with Crippen molar-refractivity contribution >= 4 is 17.4 Å². The summed E-state index contributed by atoms with van der Waals surface area (Å²) in [5, 5.41) is 14.0. The van der Waals surface area contributed by atoms with Gasteiger partial charge in [-0.2, -0.15) is 0 Å². The molecule has 0 saturated heterocycles. The van der Waals surface area contributed by atoms with Crippen LogP contribution >= 0.6 is 0 Å². The third-order valence-electron chi connectivity index (χ3n) is 5.80. The Labute approximate surface area is 216 Å². The maximum atomic E-state index is 13.5. The molecule has 0 radical (unpaired) electrons. The number of anilines is 1. The average molecular weight is 495 g/mol. The number of amides is 1. The number of carbonyl (C=O) groups excluding carboxylic acids is 1. The zero-order valence-corrected chi connectivity index (χ0v) is 20.6. The van der Waals surface area contributed by atoms with Crippen molar-refractivity contribution in [3.05, 3.63) is 125 Å². The van der Waals surface area contributed by atoms with Crippen molar-refractivity contribution in [2.75, 3.05) is 12.4 Å². The van der Waals surface area contributed by atoms with E-state index < -0.39 is 6.04 Å². The lowest BCUT2D eigenvalue weighted by Crippen LogP contribution is -2.33. The summed E-state index contributed by atoms with van der Waals surface area (Å²) in [6.07, 6.45) is 0. The van der Waals surface area contributed by atoms with E-state index in [9.17, 15) is 4.79 Å². The van der Waals surface area contributed by atoms with Crippen molar-refractivity contribution in [1.82, 2.24) is 5.32 Å². The molecule has 0 aliphatic carbocycles. The first-order valence-corrected chi connectivity index (χ1v) is 11.9. The van der Waals surface area contributed by atoms with E-state index in [1.165, 1.54) is 0 Å². The highest BCUT2D eigenvalue weighted by Gasteiger charge is 2.22. The lowest BCUT2D eigenvalue weighted by Gasteiger charge is -2.22. The summed E-state index contributed by atoms with van der Waals surface area (Å²) in [5.41, 5.74) is 9.62. The predicted octanol–water partition coefficient (Wildman–Crippen LogP) is 5.03. The highest BCUT2D eigenvalue weighted by molar-refractivity contribution is 5.95. The highest BCUT2D eigenvalue weighted by Crippen LogP contribution is 2.30. The fourth-order valence-electron chi connectivity index (χ4n) is 3.80. The molecule has 1 unspecified atom stereocenters. The molecule has 1 atom stereocenters. The topological polar surface area (TPSA) is 109 Å². The van der Waals surface area contributed by atoms with E-state index in [4.69, 9.17) is 20.6 Å². The van der Waals surface area contributed by atoms with Crippen LogP contribution in [-0.2, 0) is 17.9 Å². The monoisotopic (exact) mass is 494 g/mol. The van der Waals surface area contributed by atoms with Gasteiger partial charge in [0, 0.05) is 23.9 Å². The number of nitrogen functional groups attached to an aromatic ring is 1. The largest absolute Gasteiger partial charge is 0.497 e. The van der Waals surface area contributed by atoms with Crippen LogP contribution in [0.3, 0.4) is 0 Å². The third kappa shape index (κ3) is 7.11. The van der Waals surface area contributed by atoms with Crippen LogP contribution in [0.5, 0.6) is 11.5 Å². The fraction of sp³-hybridized carbons (Fsp3) is 0.133. The van der Waals surface area contributed by atoms with Crippen molar-refractivity contribution in [3.8, 4) is 11.5 Å². The Morgan fingerprint density at radius 2 is 1.49 bits per heavy atom. The van der Waals surface area contributed by atoms with Gasteiger partial charge in [-0.05, 0) is 53.1 Å². The van der Waals surface area contributed by atoms with Gasteiger partial charge in [-0.1, -0.05) is 60.7 Å². The van der Waals surface area contributed by atoms with Crippen molar-refractivity contribution in [1.29, 1.82) is 5.41 Å². The Morgan fingerprint density at radius 1 is 0.865 bits per heavy atom. The summed E-state index contributed by atoms with van der Waals surface area (Å²) in [4.78, 5) is 13.5. The number of benzene rings is 4. The van der Waals surface area contributed by atoms with Gasteiger partial charge < -0.3 is 25.8 Å². The number of carbonyl (C=O) groups is 1. The van der Waals surface area contributed by atoms with Gasteiger partial charge >= 0.3 is 0 Å². The van der Waals surface area contributed by atoms with Gasteiger partial charge in [-0.15, -0.1) is 0 Å². The normalized spacial score (nSPS) is 11.3. The molecule has 37 heavy (non-hydrogen) atoms. The van der Waals surface area contributed by atoms with Gasteiger partial charge in [0.05, 0.1) is 7.11 Å². The molecule has 0 aromatic heterocycles. The Hall–Kier alpha value is -4.78. The molecule has 0 spiro atoms. The van der Waals surface area contributed by atoms with Crippen molar-refractivity contribution in [2.45, 2.75) is 19.2 Å². The Kier molecular flexibility index (Phi) is 8.39. The van der Waals surface area contributed by atoms with Crippen LogP contribution in [0.1, 0.15) is 28.3 Å². The zero-order valence-electron chi connectivity index (χ0n) is 20.6. The molecule has 0 aliphatic heterocycles. The van der Waals surface area contributed by atoms with E-state index in [-0.39, 0.29) is 11.7 Å². The predicted molar refractivity (Wildman–Crippen MR) is 146 cm³/mol. The fourth-order valence-corrected chi connectivity index (χ4v) is 3.80. The standard InChI is InChI=1S/C30H30N4O3/c1-36-26-16-24(17-27(18-26)37-20-22-10-6-3-7-11-22)28(30(35)33-19-21-8-4-2-5-9-21)34-25-14-12-23(13-15-25)29(31)32/h2-18,28,34H,19-20H2,1H3,(H3,31,32)(H,33,35). The molecule has 188 valence electrons. The number of amidine groups is 1. The second-order valence-corrected chi connectivity index (χ2v) is 8.49. The molecule has 1 amide bonds. The Morgan fingerprint density at radius 3 is 2.11 bits per heavy atom. The first-order chi connectivity index (χ1) is 18.0. The number of methoxy groups -OCH3 is 1. The number of nitrogens with one attached hydrogen (secondary N) is 3. The molecule has 4 aromatic rings. The summed E-state index contributed by atoms with van der Waals surface area (Å²) in [6, 6.07) is 31.4. The summed E-state index contributed by atoms with van der Waals surface area (Å²) >= 11 is 0. The summed E-state index contributed by atoms with van der Waals surface area (Å²) < 4.78 is 11.6. The summed E-state index contributed by atoms with van der Waals surface area (Å²) in [7, 11) is 1.58. The van der Waals surface area contributed by atoms with E-state index in [0.29, 0.717) is 41.5 Å². The van der Waals surface area contributed by atoms with Gasteiger partial charge in [0.15, 0.2) is 0 Å². The molecule has 5 N–H and O–H groups in total. The van der Waals surface area contributed by atoms with Crippen LogP contribution in [-0.4, -0.2) is 18.9 Å². The molecule has 7 heteroatoms. The van der Waals surface area contributed by atoms with Gasteiger partial charge in [-0.3, -0.25) is 10.2 Å². The number of hydrogen-bond acceptors (Lipinski definition) is 5. The van der Waals surface area contributed by atoms with E-state index >= 15 is 0 Å². The highest BCUT2D eigenvalue weighted by atomic mass is 16.5. The van der Waals surface area contributed by atoms with Crippen LogP contribution in [0, 0.1) is 5.41 Å². The molecule has 0 aliphatic rings. The minimum Gasteiger partial charge on any atom is -0.497 e. The first-order valence-electron chi connectivity index (χ1n) is 11.9. The summed E-state index contributed by atoms with van der Waals surface area (Å²) in [6.45, 7) is 0.778. The average Bonchev–Trinajstić information content (AvgIpc) is 2.94. The molecular formula is C30H30N4O3. The molecular weight excluding hydrogens is 464 g/mol. The number of hydrogen-bond donors (Lipinski definition) is 4. The Balaban J connectivity index is 1.61. The van der Waals surface area contributed by atoms with E-state index in [1.54, 1.807) is 37.4 Å². The first kappa shape index (κ1) is 25.3. The maximum absolute atomic E-state index is 13.5. The SMILES string of the molecule is COc1cc(OCc2ccccc2)cc(C(Nc2ccc(C(=N)N)cc2)C(=O)NCc2ccccc2)c1. The van der Waals surface area contributed by atoms with Gasteiger partial charge in [-0.25, -0.2) is 0 Å². The molecule has 0 heterocycles. The molecule has 0 bridgehead atoms. The second-order valence-electron chi connectivity index (χ2n) is 8.49.